The molecule has 0 aliphatic heterocycles. The third-order valence-corrected chi connectivity index (χ3v) is 3.48. The van der Waals surface area contributed by atoms with Gasteiger partial charge in [0, 0.05) is 31.5 Å². The summed E-state index contributed by atoms with van der Waals surface area (Å²) in [5, 5.41) is 12.1. The average Bonchev–Trinajstić information content (AvgIpc) is 2.63. The van der Waals surface area contributed by atoms with Gasteiger partial charge in [0.2, 0.25) is 0 Å². The third-order valence-electron chi connectivity index (χ3n) is 3.48. The standard InChI is InChI=1S/C19H26N6O.HI/c1-14(2)24-19(26)25-16-9-7-15(8-10-16)12-22-18(20-3)23-13-17-6-4-5-11-21-17;/h4-11,14H,12-13H2,1-3H3,(H2,20,22,23)(H2,24,25,26);1H. The Labute approximate surface area is 177 Å². The second-order valence-electron chi connectivity index (χ2n) is 6.05. The van der Waals surface area contributed by atoms with Crippen molar-refractivity contribution < 1.29 is 4.79 Å². The minimum atomic E-state index is -0.204. The molecule has 2 aromatic rings. The number of rotatable bonds is 6. The van der Waals surface area contributed by atoms with Crippen LogP contribution in [0.3, 0.4) is 0 Å². The Morgan fingerprint density at radius 3 is 2.37 bits per heavy atom. The SMILES string of the molecule is CN=C(NCc1ccc(NC(=O)NC(C)C)cc1)NCc1ccccn1.I. The molecule has 0 bridgehead atoms. The van der Waals surface area contributed by atoms with E-state index in [9.17, 15) is 4.79 Å². The summed E-state index contributed by atoms with van der Waals surface area (Å²) in [6.07, 6.45) is 1.77. The van der Waals surface area contributed by atoms with Gasteiger partial charge in [-0.05, 0) is 43.7 Å². The molecule has 1 aromatic carbocycles. The molecule has 0 saturated carbocycles. The molecule has 0 atom stereocenters. The van der Waals surface area contributed by atoms with Crippen molar-refractivity contribution in [2.45, 2.75) is 33.0 Å². The van der Waals surface area contributed by atoms with Crippen LogP contribution in [-0.4, -0.2) is 30.1 Å². The van der Waals surface area contributed by atoms with Crippen molar-refractivity contribution in [1.82, 2.24) is 20.9 Å². The highest BCUT2D eigenvalue weighted by Crippen LogP contribution is 2.09. The normalized spacial score (nSPS) is 10.7. The van der Waals surface area contributed by atoms with Crippen LogP contribution >= 0.6 is 24.0 Å². The van der Waals surface area contributed by atoms with E-state index in [0.29, 0.717) is 19.0 Å². The second-order valence-corrected chi connectivity index (χ2v) is 6.05. The molecule has 2 rings (SSSR count). The number of amides is 2. The van der Waals surface area contributed by atoms with Crippen LogP contribution < -0.4 is 21.3 Å². The van der Waals surface area contributed by atoms with Gasteiger partial charge in [-0.3, -0.25) is 9.98 Å². The molecule has 0 aliphatic carbocycles. The Morgan fingerprint density at radius 2 is 1.78 bits per heavy atom. The molecular formula is C19H27IN6O. The second kappa shape index (κ2) is 12.1. The quantitative estimate of drug-likeness (QED) is 0.290. The van der Waals surface area contributed by atoms with Crippen molar-refractivity contribution in [1.29, 1.82) is 0 Å². The van der Waals surface area contributed by atoms with E-state index in [4.69, 9.17) is 0 Å². The highest BCUT2D eigenvalue weighted by Gasteiger charge is 2.04. The predicted molar refractivity (Wildman–Crippen MR) is 120 cm³/mol. The molecule has 4 N–H and O–H groups in total. The molecule has 0 unspecified atom stereocenters. The van der Waals surface area contributed by atoms with Gasteiger partial charge in [0.15, 0.2) is 5.96 Å². The van der Waals surface area contributed by atoms with Crippen molar-refractivity contribution in [3.05, 3.63) is 59.9 Å². The van der Waals surface area contributed by atoms with Crippen LogP contribution in [0.25, 0.3) is 0 Å². The fourth-order valence-corrected chi connectivity index (χ4v) is 2.22. The molecule has 0 aliphatic rings. The van der Waals surface area contributed by atoms with Crippen LogP contribution in [0.1, 0.15) is 25.1 Å². The lowest BCUT2D eigenvalue weighted by Gasteiger charge is -2.13. The minimum absolute atomic E-state index is 0. The molecule has 27 heavy (non-hydrogen) atoms. The van der Waals surface area contributed by atoms with Crippen LogP contribution in [0, 0.1) is 0 Å². The number of anilines is 1. The van der Waals surface area contributed by atoms with E-state index in [1.54, 1.807) is 13.2 Å². The van der Waals surface area contributed by atoms with E-state index in [1.807, 2.05) is 56.3 Å². The first kappa shape index (κ1) is 22.7. The Kier molecular flexibility index (Phi) is 10.2. The van der Waals surface area contributed by atoms with E-state index < -0.39 is 0 Å². The van der Waals surface area contributed by atoms with Gasteiger partial charge in [0.1, 0.15) is 0 Å². The first-order valence-corrected chi connectivity index (χ1v) is 8.57. The van der Waals surface area contributed by atoms with Crippen molar-refractivity contribution in [2.75, 3.05) is 12.4 Å². The third kappa shape index (κ3) is 8.72. The van der Waals surface area contributed by atoms with Crippen LogP contribution in [0.5, 0.6) is 0 Å². The molecule has 146 valence electrons. The number of hydrogen-bond donors (Lipinski definition) is 4. The Hall–Kier alpha value is -2.36. The largest absolute Gasteiger partial charge is 0.352 e. The van der Waals surface area contributed by atoms with E-state index in [1.165, 1.54) is 0 Å². The van der Waals surface area contributed by atoms with E-state index in [0.717, 1.165) is 16.9 Å². The number of nitrogens with one attached hydrogen (secondary N) is 4. The fraction of sp³-hybridized carbons (Fsp3) is 0.316. The highest BCUT2D eigenvalue weighted by atomic mass is 127. The number of carbonyl (C=O) groups is 1. The molecule has 0 fully saturated rings. The predicted octanol–water partition coefficient (Wildman–Crippen LogP) is 3.09. The number of urea groups is 1. The van der Waals surface area contributed by atoms with Gasteiger partial charge in [-0.2, -0.15) is 0 Å². The van der Waals surface area contributed by atoms with E-state index >= 15 is 0 Å². The maximum atomic E-state index is 11.7. The van der Waals surface area contributed by atoms with Crippen molar-refractivity contribution in [3.63, 3.8) is 0 Å². The Balaban J connectivity index is 0.00000364. The molecule has 0 spiro atoms. The summed E-state index contributed by atoms with van der Waals surface area (Å²) in [7, 11) is 1.73. The number of nitrogens with zero attached hydrogens (tertiary/aromatic N) is 2. The Morgan fingerprint density at radius 1 is 1.07 bits per heavy atom. The molecule has 1 aromatic heterocycles. The van der Waals surface area contributed by atoms with Gasteiger partial charge in [-0.25, -0.2) is 4.79 Å². The monoisotopic (exact) mass is 482 g/mol. The Bertz CT molecular complexity index is 719. The summed E-state index contributed by atoms with van der Waals surface area (Å²) >= 11 is 0. The average molecular weight is 482 g/mol. The first-order chi connectivity index (χ1) is 12.6. The van der Waals surface area contributed by atoms with E-state index in [2.05, 4.69) is 31.2 Å². The maximum absolute atomic E-state index is 11.7. The van der Waals surface area contributed by atoms with Crippen molar-refractivity contribution >= 4 is 41.7 Å². The molecular weight excluding hydrogens is 455 g/mol. The summed E-state index contributed by atoms with van der Waals surface area (Å²) < 4.78 is 0. The fourth-order valence-electron chi connectivity index (χ4n) is 2.22. The van der Waals surface area contributed by atoms with Crippen LogP contribution in [0.2, 0.25) is 0 Å². The van der Waals surface area contributed by atoms with E-state index in [-0.39, 0.29) is 36.0 Å². The molecule has 7 nitrogen and oxygen atoms in total. The van der Waals surface area contributed by atoms with Crippen LogP contribution in [-0.2, 0) is 13.1 Å². The van der Waals surface area contributed by atoms with Crippen molar-refractivity contribution in [2.24, 2.45) is 4.99 Å². The number of aliphatic imine (C=N–C) groups is 1. The lowest BCUT2D eigenvalue weighted by molar-refractivity contribution is 0.250. The van der Waals surface area contributed by atoms with Crippen LogP contribution in [0.15, 0.2) is 53.7 Å². The number of benzene rings is 1. The zero-order valence-corrected chi connectivity index (χ0v) is 18.2. The lowest BCUT2D eigenvalue weighted by Crippen LogP contribution is -2.36. The number of pyridine rings is 1. The molecule has 1 heterocycles. The number of halogens is 1. The van der Waals surface area contributed by atoms with Gasteiger partial charge in [0.05, 0.1) is 12.2 Å². The van der Waals surface area contributed by atoms with Gasteiger partial charge >= 0.3 is 6.03 Å². The summed E-state index contributed by atoms with van der Waals surface area (Å²) in [4.78, 5) is 20.2. The minimum Gasteiger partial charge on any atom is -0.352 e. The van der Waals surface area contributed by atoms with Crippen LogP contribution in [0.4, 0.5) is 10.5 Å². The van der Waals surface area contributed by atoms with Gasteiger partial charge in [-0.15, -0.1) is 24.0 Å². The number of hydrogen-bond acceptors (Lipinski definition) is 3. The zero-order valence-electron chi connectivity index (χ0n) is 15.8. The smallest absolute Gasteiger partial charge is 0.319 e. The maximum Gasteiger partial charge on any atom is 0.319 e. The molecule has 0 radical (unpaired) electrons. The topological polar surface area (TPSA) is 90.4 Å². The summed E-state index contributed by atoms with van der Waals surface area (Å²) in [6, 6.07) is 13.4. The molecule has 2 amide bonds. The summed E-state index contributed by atoms with van der Waals surface area (Å²) in [5.74, 6) is 0.703. The van der Waals surface area contributed by atoms with Gasteiger partial charge in [-0.1, -0.05) is 18.2 Å². The number of aromatic nitrogens is 1. The number of carbonyl (C=O) groups excluding carboxylic acids is 1. The first-order valence-electron chi connectivity index (χ1n) is 8.57. The van der Waals surface area contributed by atoms with Crippen molar-refractivity contribution in [3.8, 4) is 0 Å². The highest BCUT2D eigenvalue weighted by molar-refractivity contribution is 14.0. The molecule has 0 saturated heterocycles. The summed E-state index contributed by atoms with van der Waals surface area (Å²) in [6.45, 7) is 5.07. The molecule has 8 heteroatoms. The van der Waals surface area contributed by atoms with Gasteiger partial charge in [0.25, 0.3) is 0 Å². The zero-order chi connectivity index (χ0) is 18.8. The van der Waals surface area contributed by atoms with Gasteiger partial charge < -0.3 is 21.3 Å². The lowest BCUT2D eigenvalue weighted by atomic mass is 10.2. The number of guanidine groups is 1. The summed E-state index contributed by atoms with van der Waals surface area (Å²) in [5.41, 5.74) is 2.79.